The van der Waals surface area contributed by atoms with Crippen molar-refractivity contribution in [3.63, 3.8) is 0 Å². The molecule has 1 saturated heterocycles. The maximum atomic E-state index is 13.1. The van der Waals surface area contributed by atoms with E-state index in [2.05, 4.69) is 19.6 Å². The molecule has 0 radical (unpaired) electrons. The topological polar surface area (TPSA) is 54.0 Å². The molecule has 0 aromatic rings. The van der Waals surface area contributed by atoms with Gasteiger partial charge in [0.1, 0.15) is 19.0 Å². The lowest BCUT2D eigenvalue weighted by molar-refractivity contribution is -0.197. The zero-order valence-corrected chi connectivity index (χ0v) is 14.3. The van der Waals surface area contributed by atoms with Crippen LogP contribution in [0, 0.1) is 11.3 Å². The van der Waals surface area contributed by atoms with Crippen molar-refractivity contribution in [1.82, 2.24) is 0 Å². The maximum absolute atomic E-state index is 13.1. The number of hydrogen-bond donors (Lipinski definition) is 0. The summed E-state index contributed by atoms with van der Waals surface area (Å²) in [6, 6.07) is 0. The van der Waals surface area contributed by atoms with Crippen molar-refractivity contribution in [3.05, 3.63) is 24.3 Å². The highest BCUT2D eigenvalue weighted by atomic mass is 16.8. The number of carbonyl (C=O) groups excluding carboxylic acids is 1. The molecular formula is C18H26O5. The van der Waals surface area contributed by atoms with Crippen LogP contribution in [-0.4, -0.2) is 43.8 Å². The average molecular weight is 322 g/mol. The van der Waals surface area contributed by atoms with E-state index in [1.165, 1.54) is 0 Å². The fraction of sp³-hybridized carbons (Fsp3) is 0.722. The molecule has 0 aromatic carbocycles. The molecule has 5 nitrogen and oxygen atoms in total. The largest absolute Gasteiger partial charge is 0.359 e. The van der Waals surface area contributed by atoms with Crippen molar-refractivity contribution in [2.75, 3.05) is 13.9 Å². The highest BCUT2D eigenvalue weighted by Crippen LogP contribution is 2.54. The second-order valence-corrected chi connectivity index (χ2v) is 7.19. The molecule has 128 valence electrons. The van der Waals surface area contributed by atoms with Crippen LogP contribution in [0.25, 0.3) is 0 Å². The first-order chi connectivity index (χ1) is 10.8. The van der Waals surface area contributed by atoms with Crippen LogP contribution < -0.4 is 0 Å². The number of fused-ring (bicyclic) bond motifs is 2. The van der Waals surface area contributed by atoms with Crippen molar-refractivity contribution >= 4 is 5.78 Å². The first-order valence-corrected chi connectivity index (χ1v) is 8.18. The van der Waals surface area contributed by atoms with Gasteiger partial charge in [-0.05, 0) is 32.3 Å². The summed E-state index contributed by atoms with van der Waals surface area (Å²) in [7, 11) is 1.59. The molecule has 0 unspecified atom stereocenters. The Balaban J connectivity index is 2.05. The monoisotopic (exact) mass is 322 g/mol. The normalized spacial score (nSPS) is 41.9. The van der Waals surface area contributed by atoms with Gasteiger partial charge in [0.25, 0.3) is 0 Å². The molecule has 5 heteroatoms. The summed E-state index contributed by atoms with van der Waals surface area (Å²) in [5.74, 6) is -0.824. The summed E-state index contributed by atoms with van der Waals surface area (Å²) in [6.45, 7) is 9.84. The quantitative estimate of drug-likeness (QED) is 0.745. The van der Waals surface area contributed by atoms with Crippen LogP contribution in [0.4, 0.5) is 0 Å². The van der Waals surface area contributed by atoms with Gasteiger partial charge in [-0.2, -0.15) is 0 Å². The molecule has 3 aliphatic rings. The number of hydrogen-bond acceptors (Lipinski definition) is 5. The molecule has 2 fully saturated rings. The van der Waals surface area contributed by atoms with Crippen molar-refractivity contribution in [1.29, 1.82) is 0 Å². The van der Waals surface area contributed by atoms with Crippen molar-refractivity contribution < 1.29 is 23.7 Å². The molecule has 2 aliphatic carbocycles. The summed E-state index contributed by atoms with van der Waals surface area (Å²) < 4.78 is 23.1. The van der Waals surface area contributed by atoms with Gasteiger partial charge in [-0.25, -0.2) is 0 Å². The van der Waals surface area contributed by atoms with E-state index in [0.717, 1.165) is 18.4 Å². The molecule has 1 saturated carbocycles. The van der Waals surface area contributed by atoms with Gasteiger partial charge in [0.15, 0.2) is 11.6 Å². The molecule has 23 heavy (non-hydrogen) atoms. The number of carbonyl (C=O) groups is 1. The lowest BCUT2D eigenvalue weighted by atomic mass is 9.56. The van der Waals surface area contributed by atoms with Gasteiger partial charge >= 0.3 is 0 Å². The van der Waals surface area contributed by atoms with E-state index in [1.54, 1.807) is 7.11 Å². The molecular weight excluding hydrogens is 296 g/mol. The van der Waals surface area contributed by atoms with Gasteiger partial charge in [-0.3, -0.25) is 4.79 Å². The standard InChI is InChI=1S/C18H26O5/c1-6-11-8-7-9-12-13(19)14-15(23-17(2,3)22-14)16(18(11,12)4)21-10-20-5/h6,8,12,14-16H,1,7,9-10H2,2-5H3/t12-,14+,15+,16-,18-/m1/s1. The van der Waals surface area contributed by atoms with Gasteiger partial charge in [0.2, 0.25) is 0 Å². The number of methoxy groups -OCH3 is 1. The number of ketones is 1. The van der Waals surface area contributed by atoms with Crippen LogP contribution in [0.1, 0.15) is 33.6 Å². The Morgan fingerprint density at radius 2 is 2.13 bits per heavy atom. The number of Topliss-reactive ketones (excluding diaryl/α,β-unsaturated/α-hetero) is 1. The Bertz CT molecular complexity index is 538. The predicted octanol–water partition coefficient (Wildman–Crippen LogP) is 2.61. The summed E-state index contributed by atoms with van der Waals surface area (Å²) in [5, 5.41) is 0. The highest BCUT2D eigenvalue weighted by Gasteiger charge is 2.64. The third-order valence-corrected chi connectivity index (χ3v) is 5.39. The Hall–Kier alpha value is -1.01. The van der Waals surface area contributed by atoms with Crippen LogP contribution >= 0.6 is 0 Å². The lowest BCUT2D eigenvalue weighted by Gasteiger charge is -2.51. The minimum atomic E-state index is -0.790. The van der Waals surface area contributed by atoms with Crippen molar-refractivity contribution in [2.45, 2.75) is 57.7 Å². The van der Waals surface area contributed by atoms with E-state index in [-0.39, 0.29) is 24.6 Å². The first-order valence-electron chi connectivity index (χ1n) is 8.18. The van der Waals surface area contributed by atoms with E-state index in [4.69, 9.17) is 18.9 Å². The SMILES string of the molecule is C=CC1=CCC[C@@H]2C(=O)[C@@H]3OC(C)(C)O[C@@H]3[C@@H](OCOC)[C@]12C. The fourth-order valence-corrected chi connectivity index (χ4v) is 4.41. The Kier molecular flexibility index (Phi) is 4.25. The Labute approximate surface area is 137 Å². The van der Waals surface area contributed by atoms with E-state index < -0.39 is 23.4 Å². The Morgan fingerprint density at radius 3 is 2.78 bits per heavy atom. The van der Waals surface area contributed by atoms with Crippen LogP contribution in [0.2, 0.25) is 0 Å². The van der Waals surface area contributed by atoms with Crippen LogP contribution in [0.3, 0.4) is 0 Å². The Morgan fingerprint density at radius 1 is 1.39 bits per heavy atom. The first kappa shape index (κ1) is 16.8. The van der Waals surface area contributed by atoms with Gasteiger partial charge in [-0.15, -0.1) is 0 Å². The third-order valence-electron chi connectivity index (χ3n) is 5.39. The molecule has 0 aromatic heterocycles. The summed E-state index contributed by atoms with van der Waals surface area (Å²) >= 11 is 0. The molecule has 0 amide bonds. The molecule has 5 atom stereocenters. The van der Waals surface area contributed by atoms with E-state index in [9.17, 15) is 4.79 Å². The van der Waals surface area contributed by atoms with E-state index >= 15 is 0 Å². The molecule has 0 N–H and O–H groups in total. The zero-order chi connectivity index (χ0) is 16.8. The zero-order valence-electron chi connectivity index (χ0n) is 14.3. The average Bonchev–Trinajstić information content (AvgIpc) is 2.82. The smallest absolute Gasteiger partial charge is 0.168 e. The second kappa shape index (κ2) is 5.81. The summed E-state index contributed by atoms with van der Waals surface area (Å²) in [5.41, 5.74) is 0.579. The van der Waals surface area contributed by atoms with Gasteiger partial charge in [0.05, 0.1) is 6.10 Å². The maximum Gasteiger partial charge on any atom is 0.168 e. The third kappa shape index (κ3) is 2.50. The molecule has 0 spiro atoms. The van der Waals surface area contributed by atoms with E-state index in [1.807, 2.05) is 19.9 Å². The molecule has 3 rings (SSSR count). The minimum absolute atomic E-state index is 0.118. The molecule has 1 aliphatic heterocycles. The lowest BCUT2D eigenvalue weighted by Crippen LogP contribution is -2.62. The van der Waals surface area contributed by atoms with E-state index in [0.29, 0.717) is 0 Å². The number of allylic oxidation sites excluding steroid dienone is 2. The van der Waals surface area contributed by atoms with Crippen molar-refractivity contribution in [3.8, 4) is 0 Å². The van der Waals surface area contributed by atoms with Crippen LogP contribution in [0.5, 0.6) is 0 Å². The summed E-state index contributed by atoms with van der Waals surface area (Å²) in [6.07, 6.45) is 4.33. The predicted molar refractivity (Wildman–Crippen MR) is 84.7 cm³/mol. The second-order valence-electron chi connectivity index (χ2n) is 7.19. The van der Waals surface area contributed by atoms with Gasteiger partial charge in [0, 0.05) is 18.4 Å². The molecule has 1 heterocycles. The van der Waals surface area contributed by atoms with Crippen molar-refractivity contribution in [2.24, 2.45) is 11.3 Å². The van der Waals surface area contributed by atoms with Crippen LogP contribution in [-0.2, 0) is 23.7 Å². The summed E-state index contributed by atoms with van der Waals surface area (Å²) in [4.78, 5) is 13.1. The number of ether oxygens (including phenoxy) is 4. The van der Waals surface area contributed by atoms with Crippen LogP contribution in [0.15, 0.2) is 24.3 Å². The van der Waals surface area contributed by atoms with Gasteiger partial charge < -0.3 is 18.9 Å². The highest BCUT2D eigenvalue weighted by molar-refractivity contribution is 5.89. The number of rotatable bonds is 4. The minimum Gasteiger partial charge on any atom is -0.359 e. The molecule has 0 bridgehead atoms. The van der Waals surface area contributed by atoms with Gasteiger partial charge in [-0.1, -0.05) is 25.7 Å². The fourth-order valence-electron chi connectivity index (χ4n) is 4.41.